The summed E-state index contributed by atoms with van der Waals surface area (Å²) in [6.07, 6.45) is 1.71. The van der Waals surface area contributed by atoms with Gasteiger partial charge in [-0.3, -0.25) is 0 Å². The van der Waals surface area contributed by atoms with Gasteiger partial charge in [0.15, 0.2) is 0 Å². The number of nitrogens with zero attached hydrogens (tertiary/aromatic N) is 1. The van der Waals surface area contributed by atoms with Gasteiger partial charge in [0.05, 0.1) is 18.9 Å². The van der Waals surface area contributed by atoms with Crippen molar-refractivity contribution in [1.29, 1.82) is 0 Å². The average molecular weight is 203 g/mol. The van der Waals surface area contributed by atoms with E-state index in [4.69, 9.17) is 4.74 Å². The highest BCUT2D eigenvalue weighted by Gasteiger charge is 2.31. The van der Waals surface area contributed by atoms with E-state index < -0.39 is 11.4 Å². The number of hydrogen-bond acceptors (Lipinski definition) is 3. The molecule has 0 aromatic carbocycles. The van der Waals surface area contributed by atoms with Crippen LogP contribution in [0.5, 0.6) is 0 Å². The number of ether oxygens (including phenoxy) is 1. The number of hydrogen-bond donors (Lipinski definition) is 0. The summed E-state index contributed by atoms with van der Waals surface area (Å²) in [6, 6.07) is 0. The fourth-order valence-electron chi connectivity index (χ4n) is 0.888. The standard InChI is InChI=1S/C9H17NO2S/c1-4-9(2,3)13(11)10-8-5-6-12-7-8/h4-7H2,1-3H3/b10-8-. The van der Waals surface area contributed by atoms with E-state index in [9.17, 15) is 4.55 Å². The Balaban J connectivity index is 2.57. The van der Waals surface area contributed by atoms with Crippen LogP contribution in [0.15, 0.2) is 4.40 Å². The van der Waals surface area contributed by atoms with Gasteiger partial charge in [-0.05, 0) is 20.3 Å². The molecule has 0 radical (unpaired) electrons. The summed E-state index contributed by atoms with van der Waals surface area (Å²) >= 11 is -1.11. The molecule has 1 heterocycles. The maximum Gasteiger partial charge on any atom is 0.147 e. The third kappa shape index (κ3) is 2.97. The molecule has 76 valence electrons. The molecule has 1 rings (SSSR count). The smallest absolute Gasteiger partial charge is 0.147 e. The molecule has 0 N–H and O–H groups in total. The molecular weight excluding hydrogens is 186 g/mol. The molecule has 0 amide bonds. The maximum absolute atomic E-state index is 11.7. The van der Waals surface area contributed by atoms with Crippen LogP contribution in [0.4, 0.5) is 0 Å². The van der Waals surface area contributed by atoms with Gasteiger partial charge in [-0.25, -0.2) is 0 Å². The molecule has 1 unspecified atom stereocenters. The Morgan fingerprint density at radius 3 is 2.77 bits per heavy atom. The molecule has 0 bridgehead atoms. The Kier molecular flexibility index (Phi) is 3.76. The topological polar surface area (TPSA) is 44.7 Å². The van der Waals surface area contributed by atoms with Crippen molar-refractivity contribution in [2.24, 2.45) is 4.40 Å². The van der Waals surface area contributed by atoms with Gasteiger partial charge < -0.3 is 9.29 Å². The molecule has 1 fully saturated rings. The Morgan fingerprint density at radius 1 is 1.62 bits per heavy atom. The SMILES string of the molecule is CCC(C)(C)[S+]([O-])/N=C1/CCOC1. The largest absolute Gasteiger partial charge is 0.591 e. The van der Waals surface area contributed by atoms with Gasteiger partial charge in [-0.15, -0.1) is 0 Å². The molecule has 1 atom stereocenters. The lowest BCUT2D eigenvalue weighted by Crippen LogP contribution is -2.30. The molecule has 1 aliphatic heterocycles. The first-order chi connectivity index (χ1) is 6.06. The van der Waals surface area contributed by atoms with Crippen molar-refractivity contribution in [2.75, 3.05) is 13.2 Å². The van der Waals surface area contributed by atoms with Crippen molar-refractivity contribution in [3.8, 4) is 0 Å². The molecule has 0 aliphatic carbocycles. The zero-order valence-electron chi connectivity index (χ0n) is 8.50. The van der Waals surface area contributed by atoms with E-state index in [-0.39, 0.29) is 4.75 Å². The lowest BCUT2D eigenvalue weighted by atomic mass is 10.1. The lowest BCUT2D eigenvalue weighted by Gasteiger charge is -2.21. The fraction of sp³-hybridized carbons (Fsp3) is 0.889. The van der Waals surface area contributed by atoms with Gasteiger partial charge in [0.2, 0.25) is 0 Å². The predicted molar refractivity (Wildman–Crippen MR) is 55.4 cm³/mol. The van der Waals surface area contributed by atoms with Gasteiger partial charge >= 0.3 is 0 Å². The second kappa shape index (κ2) is 4.44. The second-order valence-corrected chi connectivity index (χ2v) is 5.61. The van der Waals surface area contributed by atoms with E-state index in [2.05, 4.69) is 4.40 Å². The van der Waals surface area contributed by atoms with E-state index in [1.165, 1.54) is 0 Å². The fourth-order valence-corrected chi connectivity index (χ4v) is 1.76. The van der Waals surface area contributed by atoms with Crippen LogP contribution in [-0.4, -0.2) is 28.2 Å². The zero-order chi connectivity index (χ0) is 9.90. The third-order valence-electron chi connectivity index (χ3n) is 2.34. The molecule has 13 heavy (non-hydrogen) atoms. The van der Waals surface area contributed by atoms with Crippen LogP contribution in [0.2, 0.25) is 0 Å². The predicted octanol–water partition coefficient (Wildman–Crippen LogP) is 1.70. The van der Waals surface area contributed by atoms with E-state index in [1.807, 2.05) is 20.8 Å². The van der Waals surface area contributed by atoms with Crippen molar-refractivity contribution < 1.29 is 9.29 Å². The van der Waals surface area contributed by atoms with E-state index in [0.717, 1.165) is 25.2 Å². The molecule has 0 aromatic rings. The van der Waals surface area contributed by atoms with Crippen LogP contribution in [0.25, 0.3) is 0 Å². The highest BCUT2D eigenvalue weighted by Crippen LogP contribution is 2.22. The van der Waals surface area contributed by atoms with Crippen molar-refractivity contribution in [3.63, 3.8) is 0 Å². The van der Waals surface area contributed by atoms with Gasteiger partial charge in [-0.1, -0.05) is 11.3 Å². The minimum atomic E-state index is -1.11. The van der Waals surface area contributed by atoms with Crippen molar-refractivity contribution in [1.82, 2.24) is 0 Å². The highest BCUT2D eigenvalue weighted by atomic mass is 32.2. The van der Waals surface area contributed by atoms with E-state index in [1.54, 1.807) is 0 Å². The molecule has 0 aromatic heterocycles. The van der Waals surface area contributed by atoms with Gasteiger partial charge in [0.25, 0.3) is 0 Å². The summed E-state index contributed by atoms with van der Waals surface area (Å²) in [5.74, 6) is 0. The minimum absolute atomic E-state index is 0.213. The van der Waals surface area contributed by atoms with Crippen LogP contribution in [0, 0.1) is 0 Å². The van der Waals surface area contributed by atoms with Gasteiger partial charge in [0.1, 0.15) is 16.1 Å². The Morgan fingerprint density at radius 2 is 2.31 bits per heavy atom. The van der Waals surface area contributed by atoms with Crippen LogP contribution in [0.3, 0.4) is 0 Å². The Labute approximate surface area is 82.9 Å². The van der Waals surface area contributed by atoms with Crippen molar-refractivity contribution in [3.05, 3.63) is 0 Å². The molecule has 4 heteroatoms. The first-order valence-electron chi connectivity index (χ1n) is 4.62. The first kappa shape index (κ1) is 11.0. The number of rotatable bonds is 3. The van der Waals surface area contributed by atoms with E-state index in [0.29, 0.717) is 6.61 Å². The Bertz CT molecular complexity index is 196. The average Bonchev–Trinajstić information content (AvgIpc) is 2.57. The summed E-state index contributed by atoms with van der Waals surface area (Å²) in [4.78, 5) is 0. The summed E-state index contributed by atoms with van der Waals surface area (Å²) < 4.78 is 20.8. The van der Waals surface area contributed by atoms with Crippen LogP contribution < -0.4 is 0 Å². The second-order valence-electron chi connectivity index (χ2n) is 3.82. The summed E-state index contributed by atoms with van der Waals surface area (Å²) in [6.45, 7) is 7.27. The normalized spacial score (nSPS) is 23.8. The molecule has 0 spiro atoms. The summed E-state index contributed by atoms with van der Waals surface area (Å²) in [5, 5.41) is 0. The summed E-state index contributed by atoms with van der Waals surface area (Å²) in [7, 11) is 0. The highest BCUT2D eigenvalue weighted by molar-refractivity contribution is 7.91. The molecular formula is C9H17NO2S. The lowest BCUT2D eigenvalue weighted by molar-refractivity contribution is 0.209. The monoisotopic (exact) mass is 203 g/mol. The first-order valence-corrected chi connectivity index (χ1v) is 5.73. The van der Waals surface area contributed by atoms with Crippen LogP contribution in [0.1, 0.15) is 33.6 Å². The van der Waals surface area contributed by atoms with Gasteiger partial charge in [0, 0.05) is 6.42 Å². The van der Waals surface area contributed by atoms with Crippen molar-refractivity contribution in [2.45, 2.75) is 38.4 Å². The molecule has 0 saturated carbocycles. The van der Waals surface area contributed by atoms with Gasteiger partial charge in [-0.2, -0.15) is 0 Å². The minimum Gasteiger partial charge on any atom is -0.591 e. The molecule has 1 aliphatic rings. The van der Waals surface area contributed by atoms with E-state index >= 15 is 0 Å². The molecule has 3 nitrogen and oxygen atoms in total. The third-order valence-corrected chi connectivity index (χ3v) is 4.00. The van der Waals surface area contributed by atoms with Crippen LogP contribution >= 0.6 is 0 Å². The quantitative estimate of drug-likeness (QED) is 0.655. The zero-order valence-corrected chi connectivity index (χ0v) is 9.32. The van der Waals surface area contributed by atoms with Crippen LogP contribution in [-0.2, 0) is 16.1 Å². The molecule has 1 saturated heterocycles. The maximum atomic E-state index is 11.7. The Hall–Kier alpha value is -0.0600. The summed E-state index contributed by atoms with van der Waals surface area (Å²) in [5.41, 5.74) is 0.944. The van der Waals surface area contributed by atoms with Crippen molar-refractivity contribution >= 4 is 17.1 Å².